The molecule has 4 aromatic rings. The monoisotopic (exact) mass is 414 g/mol. The molecule has 3 aromatic carbocycles. The van der Waals surface area contributed by atoms with E-state index < -0.39 is 5.97 Å². The minimum absolute atomic E-state index is 0.0299. The van der Waals surface area contributed by atoms with Gasteiger partial charge in [-0.05, 0) is 47.4 Å². The maximum absolute atomic E-state index is 12.8. The molecule has 156 valence electrons. The van der Waals surface area contributed by atoms with Crippen LogP contribution in [0.3, 0.4) is 0 Å². The van der Waals surface area contributed by atoms with E-state index in [1.165, 1.54) is 17.9 Å². The van der Waals surface area contributed by atoms with Gasteiger partial charge in [0.2, 0.25) is 11.2 Å². The van der Waals surface area contributed by atoms with Crippen LogP contribution >= 0.6 is 0 Å². The fourth-order valence-corrected chi connectivity index (χ4v) is 3.12. The van der Waals surface area contributed by atoms with E-state index in [2.05, 4.69) is 20.8 Å². The molecule has 31 heavy (non-hydrogen) atoms. The fourth-order valence-electron chi connectivity index (χ4n) is 3.12. The summed E-state index contributed by atoms with van der Waals surface area (Å²) < 4.78 is 16.7. The highest BCUT2D eigenvalue weighted by Gasteiger charge is 2.15. The lowest BCUT2D eigenvalue weighted by Crippen LogP contribution is -2.10. The molecule has 5 nitrogen and oxygen atoms in total. The Kier molecular flexibility index (Phi) is 5.34. The normalized spacial score (nSPS) is 11.3. The van der Waals surface area contributed by atoms with Crippen LogP contribution in [0.15, 0.2) is 88.3 Å². The lowest BCUT2D eigenvalue weighted by molar-refractivity contribution is 0.0735. The Hall–Kier alpha value is -3.86. The molecule has 0 radical (unpaired) electrons. The van der Waals surface area contributed by atoms with E-state index in [1.54, 1.807) is 36.4 Å². The first-order valence-corrected chi connectivity index (χ1v) is 9.92. The van der Waals surface area contributed by atoms with Crippen molar-refractivity contribution in [1.82, 2.24) is 0 Å². The van der Waals surface area contributed by atoms with Crippen LogP contribution in [-0.4, -0.2) is 5.97 Å². The van der Waals surface area contributed by atoms with Crippen molar-refractivity contribution < 1.29 is 18.7 Å². The predicted octanol–water partition coefficient (Wildman–Crippen LogP) is 6.10. The summed E-state index contributed by atoms with van der Waals surface area (Å²) in [6.45, 7) is 6.39. The number of carbonyl (C=O) groups excluding carboxylic acids is 1. The minimum Gasteiger partial charge on any atom is -0.460 e. The van der Waals surface area contributed by atoms with Crippen LogP contribution in [0.25, 0.3) is 11.0 Å². The summed E-state index contributed by atoms with van der Waals surface area (Å²) in [6, 6.07) is 20.9. The van der Waals surface area contributed by atoms with Crippen molar-refractivity contribution in [2.45, 2.75) is 26.2 Å². The molecule has 1 heterocycles. The molecule has 0 aliphatic rings. The van der Waals surface area contributed by atoms with Gasteiger partial charge in [0.1, 0.15) is 23.3 Å². The van der Waals surface area contributed by atoms with E-state index in [0.29, 0.717) is 22.3 Å². The summed E-state index contributed by atoms with van der Waals surface area (Å²) >= 11 is 0. The van der Waals surface area contributed by atoms with Crippen LogP contribution in [0.5, 0.6) is 17.2 Å². The van der Waals surface area contributed by atoms with Crippen LogP contribution in [-0.2, 0) is 5.41 Å². The zero-order valence-electron chi connectivity index (χ0n) is 17.5. The molecule has 1 aromatic heterocycles. The Bertz CT molecular complexity index is 1280. The van der Waals surface area contributed by atoms with Gasteiger partial charge in [0.05, 0.1) is 10.9 Å². The second-order valence-corrected chi connectivity index (χ2v) is 8.22. The zero-order chi connectivity index (χ0) is 22.0. The summed E-state index contributed by atoms with van der Waals surface area (Å²) in [5.41, 5.74) is 1.64. The van der Waals surface area contributed by atoms with Crippen molar-refractivity contribution in [3.8, 4) is 17.2 Å². The van der Waals surface area contributed by atoms with Gasteiger partial charge < -0.3 is 13.9 Å². The lowest BCUT2D eigenvalue weighted by Gasteiger charge is -2.19. The smallest absolute Gasteiger partial charge is 0.343 e. The van der Waals surface area contributed by atoms with Gasteiger partial charge >= 0.3 is 5.97 Å². The first-order chi connectivity index (χ1) is 14.8. The molecule has 0 unspecified atom stereocenters. The van der Waals surface area contributed by atoms with Crippen molar-refractivity contribution in [1.29, 1.82) is 0 Å². The molecule has 0 saturated heterocycles. The highest BCUT2D eigenvalue weighted by atomic mass is 16.5. The van der Waals surface area contributed by atoms with Crippen molar-refractivity contribution in [2.24, 2.45) is 0 Å². The Morgan fingerprint density at radius 1 is 0.871 bits per heavy atom. The third-order valence-corrected chi connectivity index (χ3v) is 4.88. The van der Waals surface area contributed by atoms with Crippen molar-refractivity contribution in [2.75, 3.05) is 0 Å². The predicted molar refractivity (Wildman–Crippen MR) is 119 cm³/mol. The standard InChI is InChI=1S/C26H22O5/c1-26(2,3)18-9-11-19(12-10-18)30-23-16-29-22-15-20(13-14-21(22)24(23)27)31-25(28)17-7-5-4-6-8-17/h4-16H,1-3H3. The molecule has 0 atom stereocenters. The maximum Gasteiger partial charge on any atom is 0.343 e. The average Bonchev–Trinajstić information content (AvgIpc) is 2.76. The lowest BCUT2D eigenvalue weighted by atomic mass is 9.87. The highest BCUT2D eigenvalue weighted by Crippen LogP contribution is 2.27. The molecule has 0 fully saturated rings. The van der Waals surface area contributed by atoms with E-state index in [9.17, 15) is 9.59 Å². The van der Waals surface area contributed by atoms with Crippen LogP contribution < -0.4 is 14.9 Å². The molecule has 0 amide bonds. The summed E-state index contributed by atoms with van der Waals surface area (Å²) in [4.78, 5) is 25.0. The Labute approximate surface area is 179 Å². The van der Waals surface area contributed by atoms with Crippen LogP contribution in [0.2, 0.25) is 0 Å². The quantitative estimate of drug-likeness (QED) is 0.298. The second-order valence-electron chi connectivity index (χ2n) is 8.22. The molecule has 0 aliphatic heterocycles. The van der Waals surface area contributed by atoms with E-state index in [4.69, 9.17) is 13.9 Å². The van der Waals surface area contributed by atoms with E-state index in [1.807, 2.05) is 30.3 Å². The summed E-state index contributed by atoms with van der Waals surface area (Å²) in [5, 5.41) is 0.336. The van der Waals surface area contributed by atoms with E-state index in [0.717, 1.165) is 0 Å². The number of fused-ring (bicyclic) bond motifs is 1. The Balaban J connectivity index is 1.56. The summed E-state index contributed by atoms with van der Waals surface area (Å²) in [6.07, 6.45) is 1.27. The number of ether oxygens (including phenoxy) is 2. The molecule has 0 saturated carbocycles. The number of hydrogen-bond donors (Lipinski definition) is 0. The zero-order valence-corrected chi connectivity index (χ0v) is 17.5. The Morgan fingerprint density at radius 2 is 1.55 bits per heavy atom. The second kappa shape index (κ2) is 8.11. The third-order valence-electron chi connectivity index (χ3n) is 4.88. The van der Waals surface area contributed by atoms with E-state index in [-0.39, 0.29) is 22.3 Å². The molecule has 0 N–H and O–H groups in total. The van der Waals surface area contributed by atoms with Crippen LogP contribution in [0, 0.1) is 0 Å². The Morgan fingerprint density at radius 3 is 2.23 bits per heavy atom. The summed E-state index contributed by atoms with van der Waals surface area (Å²) in [7, 11) is 0. The van der Waals surface area contributed by atoms with Gasteiger partial charge in [-0.25, -0.2) is 4.79 Å². The molecule has 5 heteroatoms. The maximum atomic E-state index is 12.8. The molecule has 0 spiro atoms. The first-order valence-electron chi connectivity index (χ1n) is 9.92. The number of hydrogen-bond acceptors (Lipinski definition) is 5. The SMILES string of the molecule is CC(C)(C)c1ccc(Oc2coc3cc(OC(=O)c4ccccc4)ccc3c2=O)cc1. The van der Waals surface area contributed by atoms with Gasteiger partial charge in [-0.15, -0.1) is 0 Å². The van der Waals surface area contributed by atoms with Crippen molar-refractivity contribution in [3.05, 3.63) is 100 Å². The van der Waals surface area contributed by atoms with Gasteiger partial charge in [-0.1, -0.05) is 51.1 Å². The van der Waals surface area contributed by atoms with Crippen LogP contribution in [0.1, 0.15) is 36.7 Å². The molecule has 4 rings (SSSR count). The first kappa shape index (κ1) is 20.4. The largest absolute Gasteiger partial charge is 0.460 e. The number of rotatable bonds is 4. The molecular weight excluding hydrogens is 392 g/mol. The number of carbonyl (C=O) groups is 1. The molecular formula is C26H22O5. The van der Waals surface area contributed by atoms with Gasteiger partial charge in [0.25, 0.3) is 0 Å². The highest BCUT2D eigenvalue weighted by molar-refractivity contribution is 5.91. The van der Waals surface area contributed by atoms with Crippen molar-refractivity contribution >= 4 is 16.9 Å². The van der Waals surface area contributed by atoms with Gasteiger partial charge in [0, 0.05) is 6.07 Å². The minimum atomic E-state index is -0.485. The molecule has 0 bridgehead atoms. The molecule has 0 aliphatic carbocycles. The fraction of sp³-hybridized carbons (Fsp3) is 0.154. The van der Waals surface area contributed by atoms with Crippen molar-refractivity contribution in [3.63, 3.8) is 0 Å². The van der Waals surface area contributed by atoms with Crippen LogP contribution in [0.4, 0.5) is 0 Å². The topological polar surface area (TPSA) is 65.7 Å². The summed E-state index contributed by atoms with van der Waals surface area (Å²) in [5.74, 6) is 0.440. The van der Waals surface area contributed by atoms with Gasteiger partial charge in [-0.3, -0.25) is 4.79 Å². The number of benzene rings is 3. The van der Waals surface area contributed by atoms with Gasteiger partial charge in [-0.2, -0.15) is 0 Å². The van der Waals surface area contributed by atoms with Gasteiger partial charge in [0.15, 0.2) is 0 Å². The number of esters is 1. The third kappa shape index (κ3) is 4.51. The average molecular weight is 414 g/mol. The van der Waals surface area contributed by atoms with E-state index >= 15 is 0 Å².